The minimum Gasteiger partial charge on any atom is -0.369 e. The molecule has 2 rings (SSSR count). The van der Waals surface area contributed by atoms with Crippen LogP contribution in [0.25, 0.3) is 0 Å². The Kier molecular flexibility index (Phi) is 5.40. The summed E-state index contributed by atoms with van der Waals surface area (Å²) in [6, 6.07) is 1.62. The molecule has 0 aromatic carbocycles. The van der Waals surface area contributed by atoms with E-state index < -0.39 is 0 Å². The van der Waals surface area contributed by atoms with Crippen molar-refractivity contribution in [1.29, 1.82) is 0 Å². The summed E-state index contributed by atoms with van der Waals surface area (Å²) in [6.45, 7) is 0.876. The first-order valence-corrected chi connectivity index (χ1v) is 7.55. The molecule has 0 radical (unpaired) electrons. The van der Waals surface area contributed by atoms with Crippen LogP contribution in [0.4, 0.5) is 5.82 Å². The monoisotopic (exact) mass is 306 g/mol. The Balaban J connectivity index is 1.77. The van der Waals surface area contributed by atoms with E-state index >= 15 is 0 Å². The van der Waals surface area contributed by atoms with Crippen molar-refractivity contribution in [2.45, 2.75) is 38.5 Å². The lowest BCUT2D eigenvalue weighted by Gasteiger charge is -2.11. The van der Waals surface area contributed by atoms with Crippen LogP contribution < -0.4 is 5.32 Å². The third kappa shape index (κ3) is 3.91. The highest BCUT2D eigenvalue weighted by Gasteiger charge is 2.14. The molecule has 1 aromatic heterocycles. The number of aromatic nitrogens is 1. The van der Waals surface area contributed by atoms with Gasteiger partial charge in [-0.25, -0.2) is 4.98 Å². The molecule has 0 unspecified atom stereocenters. The average Bonchev–Trinajstić information content (AvgIpc) is 2.84. The lowest BCUT2D eigenvalue weighted by Crippen LogP contribution is -2.06. The second-order valence-corrected chi connectivity index (χ2v) is 5.98. The van der Waals surface area contributed by atoms with Crippen molar-refractivity contribution in [3.8, 4) is 0 Å². The maximum atomic E-state index is 6.04. The van der Waals surface area contributed by atoms with Crippen LogP contribution in [0.2, 0.25) is 15.2 Å². The van der Waals surface area contributed by atoms with E-state index in [2.05, 4.69) is 10.3 Å². The SMILES string of the molecule is Clc1cc(Cl)c(NCCCC2CCCC2)nc1Cl. The molecule has 0 bridgehead atoms. The van der Waals surface area contributed by atoms with E-state index in [0.29, 0.717) is 21.0 Å². The molecule has 2 nitrogen and oxygen atoms in total. The fourth-order valence-corrected chi connectivity index (χ4v) is 3.03. The highest BCUT2D eigenvalue weighted by Crippen LogP contribution is 2.30. The van der Waals surface area contributed by atoms with Crippen LogP contribution in [-0.4, -0.2) is 11.5 Å². The molecule has 1 heterocycles. The number of hydrogen-bond acceptors (Lipinski definition) is 2. The van der Waals surface area contributed by atoms with Gasteiger partial charge in [0.15, 0.2) is 0 Å². The Morgan fingerprint density at radius 2 is 1.89 bits per heavy atom. The Bertz CT molecular complexity index is 403. The topological polar surface area (TPSA) is 24.9 Å². The van der Waals surface area contributed by atoms with E-state index in [4.69, 9.17) is 34.8 Å². The maximum absolute atomic E-state index is 6.04. The first kappa shape index (κ1) is 14.2. The zero-order valence-corrected chi connectivity index (χ0v) is 12.5. The van der Waals surface area contributed by atoms with Gasteiger partial charge in [0.2, 0.25) is 0 Å². The van der Waals surface area contributed by atoms with E-state index in [1.54, 1.807) is 6.07 Å². The Morgan fingerprint density at radius 1 is 1.17 bits per heavy atom. The van der Waals surface area contributed by atoms with Crippen molar-refractivity contribution in [3.63, 3.8) is 0 Å². The molecular formula is C13H17Cl3N2. The van der Waals surface area contributed by atoms with Crippen molar-refractivity contribution in [2.75, 3.05) is 11.9 Å². The first-order chi connectivity index (χ1) is 8.66. The summed E-state index contributed by atoms with van der Waals surface area (Å²) in [4.78, 5) is 4.13. The van der Waals surface area contributed by atoms with E-state index in [1.807, 2.05) is 0 Å². The van der Waals surface area contributed by atoms with Gasteiger partial charge in [0.25, 0.3) is 0 Å². The molecule has 0 atom stereocenters. The molecule has 0 spiro atoms. The zero-order chi connectivity index (χ0) is 13.0. The Labute approximate surface area is 123 Å². The van der Waals surface area contributed by atoms with Gasteiger partial charge in [0, 0.05) is 6.54 Å². The van der Waals surface area contributed by atoms with Gasteiger partial charge in [-0.05, 0) is 24.8 Å². The first-order valence-electron chi connectivity index (χ1n) is 6.42. The van der Waals surface area contributed by atoms with Gasteiger partial charge in [-0.2, -0.15) is 0 Å². The second kappa shape index (κ2) is 6.83. The smallest absolute Gasteiger partial charge is 0.150 e. The number of halogens is 3. The summed E-state index contributed by atoms with van der Waals surface area (Å²) < 4.78 is 0. The predicted octanol–water partition coefficient (Wildman–Crippen LogP) is 5.42. The minimum atomic E-state index is 0.291. The number of hydrogen-bond donors (Lipinski definition) is 1. The second-order valence-electron chi connectivity index (χ2n) is 4.81. The minimum absolute atomic E-state index is 0.291. The van der Waals surface area contributed by atoms with Crippen molar-refractivity contribution in [2.24, 2.45) is 5.92 Å². The van der Waals surface area contributed by atoms with Crippen LogP contribution >= 0.6 is 34.8 Å². The molecule has 1 fully saturated rings. The average molecular weight is 308 g/mol. The molecule has 18 heavy (non-hydrogen) atoms. The van der Waals surface area contributed by atoms with Crippen LogP contribution in [0.1, 0.15) is 38.5 Å². The van der Waals surface area contributed by atoms with Crippen molar-refractivity contribution >= 4 is 40.6 Å². The third-order valence-electron chi connectivity index (χ3n) is 3.44. The van der Waals surface area contributed by atoms with Gasteiger partial charge in [0.05, 0.1) is 10.0 Å². The van der Waals surface area contributed by atoms with Gasteiger partial charge < -0.3 is 5.32 Å². The summed E-state index contributed by atoms with van der Waals surface area (Å²) in [5, 5.41) is 4.42. The van der Waals surface area contributed by atoms with E-state index in [0.717, 1.165) is 18.9 Å². The van der Waals surface area contributed by atoms with Gasteiger partial charge in [-0.3, -0.25) is 0 Å². The summed E-state index contributed by atoms with van der Waals surface area (Å²) >= 11 is 17.7. The van der Waals surface area contributed by atoms with Gasteiger partial charge in [0.1, 0.15) is 11.0 Å². The quantitative estimate of drug-likeness (QED) is 0.580. The Hall–Kier alpha value is -0.180. The van der Waals surface area contributed by atoms with E-state index in [1.165, 1.54) is 32.1 Å². The molecule has 1 aromatic rings. The zero-order valence-electron chi connectivity index (χ0n) is 10.2. The normalized spacial score (nSPS) is 16.2. The number of rotatable bonds is 5. The molecule has 0 amide bonds. The largest absolute Gasteiger partial charge is 0.369 e. The van der Waals surface area contributed by atoms with Crippen molar-refractivity contribution < 1.29 is 0 Å². The Morgan fingerprint density at radius 3 is 2.61 bits per heavy atom. The van der Waals surface area contributed by atoms with Gasteiger partial charge in [-0.15, -0.1) is 0 Å². The number of anilines is 1. The van der Waals surface area contributed by atoms with Crippen LogP contribution in [0.15, 0.2) is 6.07 Å². The molecule has 1 N–H and O–H groups in total. The fraction of sp³-hybridized carbons (Fsp3) is 0.615. The number of nitrogens with zero attached hydrogens (tertiary/aromatic N) is 1. The fourth-order valence-electron chi connectivity index (χ4n) is 2.46. The van der Waals surface area contributed by atoms with Crippen LogP contribution in [0.3, 0.4) is 0 Å². The lowest BCUT2D eigenvalue weighted by molar-refractivity contribution is 0.491. The molecule has 1 aliphatic carbocycles. The number of pyridine rings is 1. The summed E-state index contributed by atoms with van der Waals surface area (Å²) in [6.07, 6.45) is 8.02. The molecule has 0 saturated heterocycles. The van der Waals surface area contributed by atoms with Gasteiger partial charge >= 0.3 is 0 Å². The van der Waals surface area contributed by atoms with E-state index in [9.17, 15) is 0 Å². The third-order valence-corrected chi connectivity index (χ3v) is 4.40. The highest BCUT2D eigenvalue weighted by atomic mass is 35.5. The van der Waals surface area contributed by atoms with Crippen molar-refractivity contribution in [3.05, 3.63) is 21.3 Å². The highest BCUT2D eigenvalue weighted by molar-refractivity contribution is 6.42. The molecule has 5 heteroatoms. The van der Waals surface area contributed by atoms with Crippen LogP contribution in [-0.2, 0) is 0 Å². The van der Waals surface area contributed by atoms with Crippen LogP contribution in [0, 0.1) is 5.92 Å². The molecule has 1 saturated carbocycles. The predicted molar refractivity (Wildman–Crippen MR) is 78.9 cm³/mol. The standard InChI is InChI=1S/C13H17Cl3N2/c14-10-8-11(15)13(18-12(10)16)17-7-3-6-9-4-1-2-5-9/h8-9H,1-7H2,(H,17,18). The lowest BCUT2D eigenvalue weighted by atomic mass is 10.0. The van der Waals surface area contributed by atoms with Gasteiger partial charge in [-0.1, -0.05) is 60.5 Å². The molecule has 100 valence electrons. The summed E-state index contributed by atoms with van der Waals surface area (Å²) in [5.74, 6) is 1.54. The molecule has 0 aliphatic heterocycles. The van der Waals surface area contributed by atoms with E-state index in [-0.39, 0.29) is 0 Å². The number of nitrogens with one attached hydrogen (secondary N) is 1. The summed E-state index contributed by atoms with van der Waals surface area (Å²) in [5.41, 5.74) is 0. The molecule has 1 aliphatic rings. The molecular weight excluding hydrogens is 291 g/mol. The maximum Gasteiger partial charge on any atom is 0.150 e. The van der Waals surface area contributed by atoms with Crippen LogP contribution in [0.5, 0.6) is 0 Å². The van der Waals surface area contributed by atoms with Crippen molar-refractivity contribution in [1.82, 2.24) is 4.98 Å². The summed E-state index contributed by atoms with van der Waals surface area (Å²) in [7, 11) is 0.